The number of alkyl halides is 1. The molecule has 0 radical (unpaired) electrons. The Morgan fingerprint density at radius 3 is 2.52 bits per heavy atom. The lowest BCUT2D eigenvalue weighted by molar-refractivity contribution is 0.108. The molecule has 1 aromatic carbocycles. The van der Waals surface area contributed by atoms with E-state index in [1.54, 1.807) is 24.3 Å². The Hall–Kier alpha value is -1.06. The molecule has 0 unspecified atom stereocenters. The lowest BCUT2D eigenvalue weighted by Gasteiger charge is -2.04. The van der Waals surface area contributed by atoms with Gasteiger partial charge in [0.2, 0.25) is 0 Å². The van der Waals surface area contributed by atoms with Crippen LogP contribution in [0.15, 0.2) is 29.3 Å². The summed E-state index contributed by atoms with van der Waals surface area (Å²) in [5, 5.41) is -0.459. The number of nitrogens with zero attached hydrogens (tertiary/aromatic N) is 1. The Balaban J connectivity index is 2.07. The summed E-state index contributed by atoms with van der Waals surface area (Å²) in [6.45, 7) is 1.44. The first-order chi connectivity index (χ1) is 10.2. The molecule has 3 nitrogen and oxygen atoms in total. The Morgan fingerprint density at radius 2 is 1.86 bits per heavy atom. The van der Waals surface area contributed by atoms with Gasteiger partial charge in [-0.25, -0.2) is 0 Å². The number of ether oxygens (including phenoxy) is 1. The van der Waals surface area contributed by atoms with E-state index in [-0.39, 0.29) is 0 Å². The summed E-state index contributed by atoms with van der Waals surface area (Å²) in [5.74, 6) is 1.48. The van der Waals surface area contributed by atoms with Crippen LogP contribution in [0.3, 0.4) is 0 Å². The van der Waals surface area contributed by atoms with Crippen molar-refractivity contribution in [2.45, 2.75) is 32.1 Å². The van der Waals surface area contributed by atoms with E-state index in [2.05, 4.69) is 4.99 Å². The van der Waals surface area contributed by atoms with Crippen LogP contribution >= 0.6 is 23.2 Å². The molecule has 0 aliphatic rings. The van der Waals surface area contributed by atoms with Crippen LogP contribution in [0.1, 0.15) is 42.5 Å². The van der Waals surface area contributed by atoms with E-state index in [9.17, 15) is 4.79 Å². The Labute approximate surface area is 136 Å². The van der Waals surface area contributed by atoms with Crippen molar-refractivity contribution in [1.29, 1.82) is 0 Å². The van der Waals surface area contributed by atoms with Crippen molar-refractivity contribution in [3.8, 4) is 5.75 Å². The largest absolute Gasteiger partial charge is 0.493 e. The van der Waals surface area contributed by atoms with Crippen molar-refractivity contribution >= 4 is 34.7 Å². The minimum Gasteiger partial charge on any atom is -0.493 e. The molecular weight excluding hydrogens is 309 g/mol. The Morgan fingerprint density at radius 1 is 1.14 bits per heavy atom. The fourth-order valence-electron chi connectivity index (χ4n) is 1.75. The molecule has 0 spiro atoms. The smallest absolute Gasteiger partial charge is 0.252 e. The lowest BCUT2D eigenvalue weighted by atomic mass is 10.2. The predicted octanol–water partition coefficient (Wildman–Crippen LogP) is 4.70. The normalized spacial score (nSPS) is 11.0. The molecule has 0 aliphatic heterocycles. The van der Waals surface area contributed by atoms with Gasteiger partial charge in [0, 0.05) is 30.6 Å². The van der Waals surface area contributed by atoms with Gasteiger partial charge < -0.3 is 4.74 Å². The van der Waals surface area contributed by atoms with Gasteiger partial charge in [-0.05, 0) is 48.7 Å². The first-order valence-corrected chi connectivity index (χ1v) is 8.12. The van der Waals surface area contributed by atoms with E-state index in [1.807, 2.05) is 6.21 Å². The standard InChI is InChI=1S/C16H21Cl2NO2/c17-10-3-1-2-4-11-19-12-5-13-21-15-8-6-14(7-9-15)16(18)20/h6-9,12H,1-5,10-11,13H2. The van der Waals surface area contributed by atoms with Crippen molar-refractivity contribution in [2.24, 2.45) is 4.99 Å². The summed E-state index contributed by atoms with van der Waals surface area (Å²) in [6, 6.07) is 6.78. The van der Waals surface area contributed by atoms with Crippen molar-refractivity contribution in [1.82, 2.24) is 0 Å². The quantitative estimate of drug-likeness (QED) is 0.255. The first-order valence-electron chi connectivity index (χ1n) is 7.21. The van der Waals surface area contributed by atoms with Crippen LogP contribution in [0.2, 0.25) is 0 Å². The van der Waals surface area contributed by atoms with Gasteiger partial charge in [-0.1, -0.05) is 12.8 Å². The summed E-state index contributed by atoms with van der Waals surface area (Å²) in [4.78, 5) is 15.2. The molecule has 1 rings (SSSR count). The maximum Gasteiger partial charge on any atom is 0.252 e. The molecular formula is C16H21Cl2NO2. The van der Waals surface area contributed by atoms with E-state index in [4.69, 9.17) is 27.9 Å². The second-order valence-corrected chi connectivity index (χ2v) is 5.35. The lowest BCUT2D eigenvalue weighted by Crippen LogP contribution is -1.98. The summed E-state index contributed by atoms with van der Waals surface area (Å²) in [7, 11) is 0. The molecule has 0 heterocycles. The number of benzene rings is 1. The molecule has 5 heteroatoms. The summed E-state index contributed by atoms with van der Waals surface area (Å²) >= 11 is 11.0. The molecule has 0 aromatic heterocycles. The van der Waals surface area contributed by atoms with Crippen LogP contribution in [0.25, 0.3) is 0 Å². The molecule has 0 N–H and O–H groups in total. The highest BCUT2D eigenvalue weighted by atomic mass is 35.5. The van der Waals surface area contributed by atoms with Gasteiger partial charge in [-0.2, -0.15) is 0 Å². The van der Waals surface area contributed by atoms with E-state index < -0.39 is 5.24 Å². The third kappa shape index (κ3) is 8.74. The van der Waals surface area contributed by atoms with Crippen LogP contribution in [-0.2, 0) is 0 Å². The van der Waals surface area contributed by atoms with Gasteiger partial charge in [0.1, 0.15) is 5.75 Å². The highest BCUT2D eigenvalue weighted by Crippen LogP contribution is 2.13. The maximum absolute atomic E-state index is 10.9. The van der Waals surface area contributed by atoms with Gasteiger partial charge in [-0.15, -0.1) is 11.6 Å². The molecule has 0 bridgehead atoms. The number of rotatable bonds is 11. The number of aliphatic imine (C=N–C) groups is 1. The number of hydrogen-bond donors (Lipinski definition) is 0. The highest BCUT2D eigenvalue weighted by molar-refractivity contribution is 6.67. The highest BCUT2D eigenvalue weighted by Gasteiger charge is 2.00. The number of carbonyl (C=O) groups is 1. The minimum atomic E-state index is -0.459. The number of hydrogen-bond acceptors (Lipinski definition) is 3. The molecule has 1 aromatic rings. The van der Waals surface area contributed by atoms with E-state index in [1.165, 1.54) is 12.8 Å². The Bertz CT molecular complexity index is 432. The predicted molar refractivity (Wildman–Crippen MR) is 89.3 cm³/mol. The fourth-order valence-corrected chi connectivity index (χ4v) is 2.06. The molecule has 116 valence electrons. The van der Waals surface area contributed by atoms with Crippen LogP contribution in [0, 0.1) is 0 Å². The zero-order valence-electron chi connectivity index (χ0n) is 12.1. The van der Waals surface area contributed by atoms with Gasteiger partial charge in [0.15, 0.2) is 0 Å². The second kappa shape index (κ2) is 11.6. The van der Waals surface area contributed by atoms with Crippen LogP contribution in [-0.4, -0.2) is 30.5 Å². The SMILES string of the molecule is O=C(Cl)c1ccc(OCCC=NCCCCCCCl)cc1. The van der Waals surface area contributed by atoms with Crippen molar-refractivity contribution in [3.63, 3.8) is 0 Å². The first kappa shape index (κ1) is 18.0. The molecule has 0 saturated carbocycles. The van der Waals surface area contributed by atoms with Crippen molar-refractivity contribution in [2.75, 3.05) is 19.0 Å². The van der Waals surface area contributed by atoms with E-state index in [0.29, 0.717) is 12.2 Å². The van der Waals surface area contributed by atoms with Crippen molar-refractivity contribution < 1.29 is 9.53 Å². The number of halogens is 2. The van der Waals surface area contributed by atoms with Crippen LogP contribution in [0.5, 0.6) is 5.75 Å². The fraction of sp³-hybridized carbons (Fsp3) is 0.500. The van der Waals surface area contributed by atoms with E-state index in [0.717, 1.165) is 37.4 Å². The third-order valence-corrected chi connectivity index (χ3v) is 3.38. The average Bonchev–Trinajstić information content (AvgIpc) is 2.49. The third-order valence-electron chi connectivity index (χ3n) is 2.90. The van der Waals surface area contributed by atoms with Gasteiger partial charge in [-0.3, -0.25) is 9.79 Å². The number of carbonyl (C=O) groups excluding carboxylic acids is 1. The molecule has 0 fully saturated rings. The van der Waals surface area contributed by atoms with Crippen molar-refractivity contribution in [3.05, 3.63) is 29.8 Å². The molecule has 0 atom stereocenters. The second-order valence-electron chi connectivity index (χ2n) is 4.63. The summed E-state index contributed by atoms with van der Waals surface area (Å²) in [6.07, 6.45) is 7.25. The zero-order valence-corrected chi connectivity index (χ0v) is 13.6. The zero-order chi connectivity index (χ0) is 15.3. The average molecular weight is 330 g/mol. The molecule has 0 aliphatic carbocycles. The van der Waals surface area contributed by atoms with Crippen LogP contribution < -0.4 is 4.74 Å². The molecule has 0 saturated heterocycles. The minimum absolute atomic E-state index is 0.459. The summed E-state index contributed by atoms with van der Waals surface area (Å²) < 4.78 is 5.54. The summed E-state index contributed by atoms with van der Waals surface area (Å²) in [5.41, 5.74) is 0.472. The topological polar surface area (TPSA) is 38.7 Å². The monoisotopic (exact) mass is 329 g/mol. The maximum atomic E-state index is 10.9. The molecule has 0 amide bonds. The van der Waals surface area contributed by atoms with Gasteiger partial charge in [0.25, 0.3) is 5.24 Å². The Kier molecular flexibility index (Phi) is 9.92. The van der Waals surface area contributed by atoms with Gasteiger partial charge in [0.05, 0.1) is 6.61 Å². The van der Waals surface area contributed by atoms with Gasteiger partial charge >= 0.3 is 0 Å². The van der Waals surface area contributed by atoms with E-state index >= 15 is 0 Å². The number of unbranched alkanes of at least 4 members (excludes halogenated alkanes) is 3. The molecule has 21 heavy (non-hydrogen) atoms. The van der Waals surface area contributed by atoms with Crippen LogP contribution in [0.4, 0.5) is 0 Å².